The fourth-order valence-electron chi connectivity index (χ4n) is 4.36. The van der Waals surface area contributed by atoms with Crippen LogP contribution in [0, 0.1) is 20.8 Å². The Morgan fingerprint density at radius 1 is 0.914 bits per heavy atom. The van der Waals surface area contributed by atoms with E-state index in [0.29, 0.717) is 17.2 Å². The molecule has 0 saturated carbocycles. The van der Waals surface area contributed by atoms with E-state index >= 15 is 0 Å². The van der Waals surface area contributed by atoms with Crippen molar-refractivity contribution in [1.29, 1.82) is 0 Å². The van der Waals surface area contributed by atoms with Gasteiger partial charge in [0.25, 0.3) is 0 Å². The highest BCUT2D eigenvalue weighted by Gasteiger charge is 2.18. The van der Waals surface area contributed by atoms with Gasteiger partial charge < -0.3 is 5.32 Å². The Morgan fingerprint density at radius 2 is 1.63 bits per heavy atom. The van der Waals surface area contributed by atoms with E-state index in [4.69, 9.17) is 11.6 Å². The molecule has 0 aliphatic rings. The highest BCUT2D eigenvalue weighted by Crippen LogP contribution is 2.29. The number of fused-ring (bicyclic) bond motifs is 1. The summed E-state index contributed by atoms with van der Waals surface area (Å²) in [4.78, 5) is 17.6. The van der Waals surface area contributed by atoms with Crippen molar-refractivity contribution in [3.63, 3.8) is 0 Å². The van der Waals surface area contributed by atoms with E-state index in [1.165, 1.54) is 0 Å². The summed E-state index contributed by atoms with van der Waals surface area (Å²) in [7, 11) is 0. The summed E-state index contributed by atoms with van der Waals surface area (Å²) in [6, 6.07) is 19.8. The molecular formula is C27H25ClN6O. The van der Waals surface area contributed by atoms with Gasteiger partial charge in [-0.05, 0) is 55.7 Å². The fourth-order valence-corrected chi connectivity index (χ4v) is 4.49. The number of halogens is 1. The zero-order chi connectivity index (χ0) is 24.5. The SMILES string of the molecule is Cc1nn(Cc2ccc(Cl)cc2)c(C)c1NC(=O)Cn1nc(C)c2c(-c3ccccc3)ccnc21. The molecule has 1 N–H and O–H groups in total. The molecule has 5 aromatic rings. The lowest BCUT2D eigenvalue weighted by Crippen LogP contribution is -2.20. The molecule has 0 unspecified atom stereocenters. The number of benzene rings is 2. The Kier molecular flexibility index (Phi) is 6.09. The van der Waals surface area contributed by atoms with Crippen molar-refractivity contribution in [1.82, 2.24) is 24.5 Å². The number of aryl methyl sites for hydroxylation is 2. The van der Waals surface area contributed by atoms with Crippen LogP contribution in [0.5, 0.6) is 0 Å². The molecule has 0 atom stereocenters. The minimum Gasteiger partial charge on any atom is -0.321 e. The quantitative estimate of drug-likeness (QED) is 0.342. The smallest absolute Gasteiger partial charge is 0.246 e. The fraction of sp³-hybridized carbons (Fsp3) is 0.185. The lowest BCUT2D eigenvalue weighted by atomic mass is 10.0. The predicted molar refractivity (Wildman–Crippen MR) is 139 cm³/mol. The van der Waals surface area contributed by atoms with Crippen molar-refractivity contribution >= 4 is 34.2 Å². The molecule has 0 bridgehead atoms. The molecule has 35 heavy (non-hydrogen) atoms. The third-order valence-electron chi connectivity index (χ3n) is 6.08. The maximum atomic E-state index is 13.0. The van der Waals surface area contributed by atoms with Crippen LogP contribution in [0.25, 0.3) is 22.2 Å². The number of nitrogens with zero attached hydrogens (tertiary/aromatic N) is 5. The van der Waals surface area contributed by atoms with Crippen LogP contribution in [0.1, 0.15) is 22.6 Å². The Balaban J connectivity index is 1.38. The van der Waals surface area contributed by atoms with Crippen molar-refractivity contribution in [2.45, 2.75) is 33.9 Å². The second-order valence-electron chi connectivity index (χ2n) is 8.54. The number of rotatable bonds is 6. The molecule has 0 aliphatic heterocycles. The highest BCUT2D eigenvalue weighted by molar-refractivity contribution is 6.30. The van der Waals surface area contributed by atoms with Gasteiger partial charge in [-0.15, -0.1) is 0 Å². The lowest BCUT2D eigenvalue weighted by Gasteiger charge is -2.08. The van der Waals surface area contributed by atoms with Crippen LogP contribution < -0.4 is 5.32 Å². The molecule has 3 aromatic heterocycles. The van der Waals surface area contributed by atoms with E-state index in [1.54, 1.807) is 10.9 Å². The number of hydrogen-bond acceptors (Lipinski definition) is 4. The molecule has 0 aliphatic carbocycles. The van der Waals surface area contributed by atoms with Gasteiger partial charge in [-0.1, -0.05) is 54.1 Å². The summed E-state index contributed by atoms with van der Waals surface area (Å²) >= 11 is 6.00. The summed E-state index contributed by atoms with van der Waals surface area (Å²) in [5.41, 5.74) is 7.11. The third kappa shape index (κ3) is 4.55. The van der Waals surface area contributed by atoms with Gasteiger partial charge >= 0.3 is 0 Å². The molecule has 7 nitrogen and oxygen atoms in total. The molecule has 8 heteroatoms. The van der Waals surface area contributed by atoms with Crippen LogP contribution in [-0.2, 0) is 17.9 Å². The number of carbonyl (C=O) groups excluding carboxylic acids is 1. The molecule has 176 valence electrons. The van der Waals surface area contributed by atoms with Gasteiger partial charge in [-0.3, -0.25) is 9.48 Å². The Bertz CT molecular complexity index is 1520. The number of hydrogen-bond donors (Lipinski definition) is 1. The molecule has 0 spiro atoms. The van der Waals surface area contributed by atoms with Crippen LogP contribution in [0.15, 0.2) is 66.9 Å². The molecule has 5 rings (SSSR count). The van der Waals surface area contributed by atoms with E-state index < -0.39 is 0 Å². The zero-order valence-corrected chi connectivity index (χ0v) is 20.5. The second kappa shape index (κ2) is 9.35. The average molecular weight is 485 g/mol. The number of nitrogens with one attached hydrogen (secondary N) is 1. The first-order valence-electron chi connectivity index (χ1n) is 11.4. The van der Waals surface area contributed by atoms with Gasteiger partial charge in [-0.25, -0.2) is 9.67 Å². The van der Waals surface area contributed by atoms with Gasteiger partial charge in [0.1, 0.15) is 6.54 Å². The standard InChI is InChI=1S/C27H25ClN6O/c1-17-25-23(21-7-5-4-6-8-21)13-14-29-27(25)34(31-17)16-24(35)30-26-18(2)32-33(19(26)3)15-20-9-11-22(28)12-10-20/h4-14H,15-16H2,1-3H3,(H,30,35). The minimum absolute atomic E-state index is 0.0524. The van der Waals surface area contributed by atoms with Gasteiger partial charge in [0.15, 0.2) is 5.65 Å². The number of aromatic nitrogens is 5. The van der Waals surface area contributed by atoms with Crippen LogP contribution >= 0.6 is 11.6 Å². The molecule has 3 heterocycles. The number of carbonyl (C=O) groups is 1. The van der Waals surface area contributed by atoms with Crippen molar-refractivity contribution in [3.8, 4) is 11.1 Å². The van der Waals surface area contributed by atoms with E-state index in [9.17, 15) is 4.79 Å². The lowest BCUT2D eigenvalue weighted by molar-refractivity contribution is -0.116. The summed E-state index contributed by atoms with van der Waals surface area (Å²) in [6.07, 6.45) is 1.76. The molecule has 0 radical (unpaired) electrons. The normalized spacial score (nSPS) is 11.2. The van der Waals surface area contributed by atoms with Crippen LogP contribution in [0.4, 0.5) is 5.69 Å². The van der Waals surface area contributed by atoms with Crippen LogP contribution in [-0.4, -0.2) is 30.5 Å². The maximum Gasteiger partial charge on any atom is 0.246 e. The van der Waals surface area contributed by atoms with Gasteiger partial charge in [0.05, 0.1) is 29.3 Å². The van der Waals surface area contributed by atoms with Crippen molar-refractivity contribution in [3.05, 3.63) is 94.5 Å². The van der Waals surface area contributed by atoms with Gasteiger partial charge in [0.2, 0.25) is 5.91 Å². The third-order valence-corrected chi connectivity index (χ3v) is 6.33. The molecule has 2 aromatic carbocycles. The summed E-state index contributed by atoms with van der Waals surface area (Å²) in [5.74, 6) is -0.182. The Hall–Kier alpha value is -3.97. The first-order valence-corrected chi connectivity index (χ1v) is 11.7. The number of amides is 1. The topological polar surface area (TPSA) is 77.6 Å². The predicted octanol–water partition coefficient (Wildman–Crippen LogP) is 5.56. The monoisotopic (exact) mass is 484 g/mol. The molecule has 1 amide bonds. The van der Waals surface area contributed by atoms with Crippen molar-refractivity contribution in [2.24, 2.45) is 0 Å². The summed E-state index contributed by atoms with van der Waals surface area (Å²) in [5, 5.41) is 13.9. The highest BCUT2D eigenvalue weighted by atomic mass is 35.5. The summed E-state index contributed by atoms with van der Waals surface area (Å²) < 4.78 is 3.55. The summed E-state index contributed by atoms with van der Waals surface area (Å²) in [6.45, 7) is 6.43. The van der Waals surface area contributed by atoms with Gasteiger partial charge in [0, 0.05) is 16.6 Å². The zero-order valence-electron chi connectivity index (χ0n) is 19.8. The first-order chi connectivity index (χ1) is 16.9. The Labute approximate surface area is 208 Å². The van der Waals surface area contributed by atoms with E-state index in [2.05, 4.69) is 32.6 Å². The molecule has 0 saturated heterocycles. The van der Waals surface area contributed by atoms with Crippen molar-refractivity contribution < 1.29 is 4.79 Å². The molecule has 0 fully saturated rings. The second-order valence-corrected chi connectivity index (χ2v) is 8.98. The van der Waals surface area contributed by atoms with Crippen molar-refractivity contribution in [2.75, 3.05) is 5.32 Å². The molecular weight excluding hydrogens is 460 g/mol. The van der Waals surface area contributed by atoms with E-state index in [1.807, 2.05) is 74.0 Å². The van der Waals surface area contributed by atoms with Gasteiger partial charge in [-0.2, -0.15) is 10.2 Å². The largest absolute Gasteiger partial charge is 0.321 e. The van der Waals surface area contributed by atoms with Crippen LogP contribution in [0.2, 0.25) is 5.02 Å². The van der Waals surface area contributed by atoms with Crippen LogP contribution in [0.3, 0.4) is 0 Å². The first kappa shape index (κ1) is 22.8. The Morgan fingerprint density at radius 3 is 2.37 bits per heavy atom. The van der Waals surface area contributed by atoms with E-state index in [-0.39, 0.29) is 12.5 Å². The average Bonchev–Trinajstić information content (AvgIpc) is 3.31. The minimum atomic E-state index is -0.182. The maximum absolute atomic E-state index is 13.0. The number of anilines is 1. The van der Waals surface area contributed by atoms with E-state index in [0.717, 1.165) is 44.8 Å². The number of pyridine rings is 1.